The second-order valence-corrected chi connectivity index (χ2v) is 6.99. The fraction of sp³-hybridized carbons (Fsp3) is 0.467. The Morgan fingerprint density at radius 1 is 1.21 bits per heavy atom. The average Bonchev–Trinajstić information content (AvgIpc) is 2.28. The van der Waals surface area contributed by atoms with Crippen molar-refractivity contribution in [2.45, 2.75) is 33.2 Å². The third kappa shape index (κ3) is 6.11. The molecule has 0 fully saturated rings. The van der Waals surface area contributed by atoms with Gasteiger partial charge in [0.15, 0.2) is 0 Å². The van der Waals surface area contributed by atoms with Crippen LogP contribution in [0.25, 0.3) is 6.08 Å². The summed E-state index contributed by atoms with van der Waals surface area (Å²) in [4.78, 5) is 0. The Morgan fingerprint density at radius 3 is 2.26 bits per heavy atom. The summed E-state index contributed by atoms with van der Waals surface area (Å²) in [5.41, 5.74) is 1.28. The number of hydrogen-bond donors (Lipinski definition) is 1. The van der Waals surface area contributed by atoms with Gasteiger partial charge in [-0.3, -0.25) is 0 Å². The lowest BCUT2D eigenvalue weighted by atomic mass is 10.1. The maximum Gasteiger partial charge on any atom is 0.147 e. The lowest BCUT2D eigenvalue weighted by Gasteiger charge is -2.18. The van der Waals surface area contributed by atoms with Crippen LogP contribution in [0.1, 0.15) is 33.3 Å². The zero-order valence-corrected chi connectivity index (χ0v) is 15.1. The molecule has 0 aromatic heterocycles. The van der Waals surface area contributed by atoms with Crippen LogP contribution < -0.4 is 10.1 Å². The van der Waals surface area contributed by atoms with Gasteiger partial charge in [-0.15, -0.1) is 0 Å². The molecule has 0 aliphatic heterocycles. The Hall–Kier alpha value is -0.320. The van der Waals surface area contributed by atoms with Crippen molar-refractivity contribution in [3.8, 4) is 5.75 Å². The summed E-state index contributed by atoms with van der Waals surface area (Å²) in [6, 6.07) is 4.12. The predicted octanol–water partition coefficient (Wildman–Crippen LogP) is 5.01. The molecule has 1 N–H and O–H groups in total. The van der Waals surface area contributed by atoms with E-state index in [2.05, 4.69) is 82.2 Å². The smallest absolute Gasteiger partial charge is 0.147 e. The molecule has 19 heavy (non-hydrogen) atoms. The molecule has 0 unspecified atom stereocenters. The lowest BCUT2D eigenvalue weighted by molar-refractivity contribution is 0.336. The predicted molar refractivity (Wildman–Crippen MR) is 89.8 cm³/mol. The molecule has 2 nitrogen and oxygen atoms in total. The Morgan fingerprint density at radius 2 is 1.79 bits per heavy atom. The molecule has 0 radical (unpaired) electrons. The molecule has 0 aliphatic rings. The molecular weight excluding hydrogens is 370 g/mol. The summed E-state index contributed by atoms with van der Waals surface area (Å²) < 4.78 is 7.49. The minimum absolute atomic E-state index is 0.143. The molecule has 0 saturated heterocycles. The highest BCUT2D eigenvalue weighted by atomic mass is 79.9. The molecule has 106 valence electrons. The first kappa shape index (κ1) is 16.7. The molecule has 0 amide bonds. The van der Waals surface area contributed by atoms with Gasteiger partial charge in [0.25, 0.3) is 0 Å². The van der Waals surface area contributed by atoms with E-state index in [1.807, 2.05) is 6.92 Å². The van der Waals surface area contributed by atoms with Gasteiger partial charge >= 0.3 is 0 Å². The molecule has 0 saturated carbocycles. The zero-order chi connectivity index (χ0) is 14.5. The van der Waals surface area contributed by atoms with Crippen LogP contribution in [0.5, 0.6) is 5.75 Å². The number of rotatable bonds is 5. The van der Waals surface area contributed by atoms with Gasteiger partial charge in [0.1, 0.15) is 5.75 Å². The van der Waals surface area contributed by atoms with Crippen molar-refractivity contribution in [1.82, 2.24) is 5.32 Å². The fourth-order valence-corrected chi connectivity index (χ4v) is 2.97. The maximum atomic E-state index is 5.56. The highest BCUT2D eigenvalue weighted by molar-refractivity contribution is 9.11. The molecule has 0 heterocycles. The first-order valence-corrected chi connectivity index (χ1v) is 7.95. The lowest BCUT2D eigenvalue weighted by Crippen LogP contribution is -2.35. The summed E-state index contributed by atoms with van der Waals surface area (Å²) in [5, 5.41) is 3.42. The Bertz CT molecular complexity index is 427. The van der Waals surface area contributed by atoms with Gasteiger partial charge in [0, 0.05) is 12.1 Å². The molecule has 1 aromatic carbocycles. The summed E-state index contributed by atoms with van der Waals surface area (Å²) in [5.74, 6) is 0.854. The van der Waals surface area contributed by atoms with Crippen LogP contribution in [0, 0.1) is 0 Å². The quantitative estimate of drug-likeness (QED) is 0.762. The van der Waals surface area contributed by atoms with Crippen molar-refractivity contribution in [3.05, 3.63) is 32.7 Å². The monoisotopic (exact) mass is 389 g/mol. The van der Waals surface area contributed by atoms with Crippen molar-refractivity contribution in [3.63, 3.8) is 0 Å². The van der Waals surface area contributed by atoms with Crippen molar-refractivity contribution in [2.75, 3.05) is 13.2 Å². The van der Waals surface area contributed by atoms with Crippen LogP contribution >= 0.6 is 31.9 Å². The third-order valence-corrected chi connectivity index (χ3v) is 3.55. The second kappa shape index (κ2) is 7.46. The highest BCUT2D eigenvalue weighted by Gasteiger charge is 2.08. The standard InChI is InChI=1S/C15H21Br2NO/c1-5-19-14-12(16)9-11(10-13(14)17)7-6-8-18-15(2,3)4/h6-7,9-10,18H,5,8H2,1-4H3. The van der Waals surface area contributed by atoms with Gasteiger partial charge in [-0.2, -0.15) is 0 Å². The maximum absolute atomic E-state index is 5.56. The number of halogens is 2. The van der Waals surface area contributed by atoms with Gasteiger partial charge in [0.05, 0.1) is 15.6 Å². The summed E-state index contributed by atoms with van der Waals surface area (Å²) in [7, 11) is 0. The Balaban J connectivity index is 2.72. The second-order valence-electron chi connectivity index (χ2n) is 5.28. The van der Waals surface area contributed by atoms with E-state index in [4.69, 9.17) is 4.74 Å². The Labute approximate surface area is 132 Å². The Kier molecular flexibility index (Phi) is 6.57. The molecule has 1 rings (SSSR count). The van der Waals surface area contributed by atoms with Crippen molar-refractivity contribution in [1.29, 1.82) is 0 Å². The van der Waals surface area contributed by atoms with E-state index in [0.29, 0.717) is 6.61 Å². The van der Waals surface area contributed by atoms with Crippen LogP contribution in [0.4, 0.5) is 0 Å². The van der Waals surface area contributed by atoms with Crippen LogP contribution in [-0.2, 0) is 0 Å². The number of hydrogen-bond acceptors (Lipinski definition) is 2. The number of ether oxygens (including phenoxy) is 1. The molecule has 0 spiro atoms. The van der Waals surface area contributed by atoms with Gasteiger partial charge in [0.2, 0.25) is 0 Å². The van der Waals surface area contributed by atoms with E-state index in [-0.39, 0.29) is 5.54 Å². The summed E-state index contributed by atoms with van der Waals surface area (Å²) >= 11 is 7.07. The third-order valence-electron chi connectivity index (χ3n) is 2.37. The van der Waals surface area contributed by atoms with Crippen LogP contribution in [0.3, 0.4) is 0 Å². The van der Waals surface area contributed by atoms with E-state index in [1.165, 1.54) is 0 Å². The normalized spacial score (nSPS) is 12.1. The van der Waals surface area contributed by atoms with E-state index in [1.54, 1.807) is 0 Å². The van der Waals surface area contributed by atoms with Crippen LogP contribution in [-0.4, -0.2) is 18.7 Å². The van der Waals surface area contributed by atoms with Crippen molar-refractivity contribution < 1.29 is 4.74 Å². The van der Waals surface area contributed by atoms with Crippen LogP contribution in [0.15, 0.2) is 27.2 Å². The van der Waals surface area contributed by atoms with E-state index >= 15 is 0 Å². The minimum atomic E-state index is 0.143. The molecular formula is C15H21Br2NO. The molecule has 0 atom stereocenters. The summed E-state index contributed by atoms with van der Waals surface area (Å²) in [6.07, 6.45) is 4.23. The highest BCUT2D eigenvalue weighted by Crippen LogP contribution is 2.35. The average molecular weight is 391 g/mol. The van der Waals surface area contributed by atoms with Crippen LogP contribution in [0.2, 0.25) is 0 Å². The van der Waals surface area contributed by atoms with Gasteiger partial charge in [-0.05, 0) is 77.3 Å². The van der Waals surface area contributed by atoms with E-state index in [0.717, 1.165) is 26.8 Å². The molecule has 4 heteroatoms. The molecule has 0 bridgehead atoms. The SMILES string of the molecule is CCOc1c(Br)cc(C=CCNC(C)(C)C)cc1Br. The van der Waals surface area contributed by atoms with Gasteiger partial charge in [-0.25, -0.2) is 0 Å². The number of nitrogens with one attached hydrogen (secondary N) is 1. The number of benzene rings is 1. The largest absolute Gasteiger partial charge is 0.492 e. The fourth-order valence-electron chi connectivity index (χ4n) is 1.52. The van der Waals surface area contributed by atoms with E-state index in [9.17, 15) is 0 Å². The molecule has 1 aromatic rings. The van der Waals surface area contributed by atoms with Crippen molar-refractivity contribution in [2.24, 2.45) is 0 Å². The van der Waals surface area contributed by atoms with Crippen molar-refractivity contribution >= 4 is 37.9 Å². The minimum Gasteiger partial charge on any atom is -0.492 e. The zero-order valence-electron chi connectivity index (χ0n) is 11.9. The van der Waals surface area contributed by atoms with E-state index < -0.39 is 0 Å². The van der Waals surface area contributed by atoms with Gasteiger partial charge in [-0.1, -0.05) is 12.2 Å². The summed E-state index contributed by atoms with van der Waals surface area (Å²) in [6.45, 7) is 9.96. The molecule has 0 aliphatic carbocycles. The topological polar surface area (TPSA) is 21.3 Å². The first-order chi connectivity index (χ1) is 8.83. The first-order valence-electron chi connectivity index (χ1n) is 6.37. The van der Waals surface area contributed by atoms with Gasteiger partial charge < -0.3 is 10.1 Å².